The van der Waals surface area contributed by atoms with Crippen molar-refractivity contribution >= 4 is 34.3 Å². The molecule has 2 aromatic rings. The van der Waals surface area contributed by atoms with E-state index in [-0.39, 0.29) is 0 Å². The summed E-state index contributed by atoms with van der Waals surface area (Å²) in [5, 5.41) is 15.9. The van der Waals surface area contributed by atoms with Crippen molar-refractivity contribution in [2.45, 2.75) is 6.92 Å². The van der Waals surface area contributed by atoms with Gasteiger partial charge in [0, 0.05) is 5.38 Å². The van der Waals surface area contributed by atoms with Gasteiger partial charge in [-0.25, -0.2) is 4.98 Å². The molecule has 0 radical (unpaired) electrons. The molecule has 0 aliphatic rings. The average Bonchev–Trinajstić information content (AvgIpc) is 2.75. The lowest BCUT2D eigenvalue weighted by molar-refractivity contribution is 1.22. The zero-order valence-electron chi connectivity index (χ0n) is 9.51. The standard InChI is InChI=1S/C12H9ClN4S/c1-8-7-18-12(16-8)17-15-6-9-2-3-10(5-14)11(13)4-9/h2-4,6-7H,1H3,(H,16,17). The third kappa shape index (κ3) is 3.06. The molecule has 90 valence electrons. The smallest absolute Gasteiger partial charge is 0.203 e. The highest BCUT2D eigenvalue weighted by atomic mass is 35.5. The molecule has 0 fully saturated rings. The molecule has 0 aliphatic carbocycles. The zero-order chi connectivity index (χ0) is 13.0. The predicted octanol–water partition coefficient (Wildman–Crippen LogP) is 3.42. The summed E-state index contributed by atoms with van der Waals surface area (Å²) in [6, 6.07) is 7.14. The van der Waals surface area contributed by atoms with Crippen LogP contribution in [0.25, 0.3) is 0 Å². The summed E-state index contributed by atoms with van der Waals surface area (Å²) in [4.78, 5) is 4.21. The Labute approximate surface area is 114 Å². The van der Waals surface area contributed by atoms with Crippen LogP contribution in [-0.2, 0) is 0 Å². The van der Waals surface area contributed by atoms with Gasteiger partial charge in [0.15, 0.2) is 0 Å². The minimum absolute atomic E-state index is 0.423. The van der Waals surface area contributed by atoms with Gasteiger partial charge >= 0.3 is 0 Å². The highest BCUT2D eigenvalue weighted by molar-refractivity contribution is 7.13. The van der Waals surface area contributed by atoms with Gasteiger partial charge in [-0.15, -0.1) is 11.3 Å². The summed E-state index contributed by atoms with van der Waals surface area (Å²) in [5.74, 6) is 0. The van der Waals surface area contributed by atoms with Crippen molar-refractivity contribution in [2.24, 2.45) is 5.10 Å². The van der Waals surface area contributed by atoms with Gasteiger partial charge in [0.05, 0.1) is 22.5 Å². The van der Waals surface area contributed by atoms with Crippen molar-refractivity contribution in [1.82, 2.24) is 4.98 Å². The minimum Gasteiger partial charge on any atom is -0.253 e. The van der Waals surface area contributed by atoms with E-state index in [1.165, 1.54) is 11.3 Å². The maximum atomic E-state index is 8.75. The van der Waals surface area contributed by atoms with E-state index in [9.17, 15) is 0 Å². The van der Waals surface area contributed by atoms with Crippen molar-refractivity contribution in [3.63, 3.8) is 0 Å². The molecular weight excluding hydrogens is 268 g/mol. The maximum absolute atomic E-state index is 8.75. The van der Waals surface area contributed by atoms with Gasteiger partial charge in [-0.1, -0.05) is 17.7 Å². The first-order chi connectivity index (χ1) is 8.69. The molecule has 0 aliphatic heterocycles. The number of halogens is 1. The van der Waals surface area contributed by atoms with Crippen molar-refractivity contribution in [3.8, 4) is 6.07 Å². The van der Waals surface area contributed by atoms with Gasteiger partial charge in [0.1, 0.15) is 6.07 Å². The number of thiazole rings is 1. The lowest BCUT2D eigenvalue weighted by Crippen LogP contribution is -1.90. The van der Waals surface area contributed by atoms with E-state index in [2.05, 4.69) is 15.5 Å². The highest BCUT2D eigenvalue weighted by Crippen LogP contribution is 2.16. The van der Waals surface area contributed by atoms with Crippen molar-refractivity contribution in [2.75, 3.05) is 5.43 Å². The van der Waals surface area contributed by atoms with Crippen molar-refractivity contribution < 1.29 is 0 Å². The quantitative estimate of drug-likeness (QED) is 0.690. The molecule has 0 unspecified atom stereocenters. The van der Waals surface area contributed by atoms with Crippen LogP contribution in [0.5, 0.6) is 0 Å². The van der Waals surface area contributed by atoms with E-state index in [1.807, 2.05) is 18.4 Å². The summed E-state index contributed by atoms with van der Waals surface area (Å²) in [6.07, 6.45) is 1.63. The number of hydrogen-bond donors (Lipinski definition) is 1. The van der Waals surface area contributed by atoms with Crippen LogP contribution in [0.1, 0.15) is 16.8 Å². The Balaban J connectivity index is 2.05. The molecule has 18 heavy (non-hydrogen) atoms. The summed E-state index contributed by atoms with van der Waals surface area (Å²) in [7, 11) is 0. The van der Waals surface area contributed by atoms with Crippen LogP contribution in [0, 0.1) is 18.3 Å². The minimum atomic E-state index is 0.423. The van der Waals surface area contributed by atoms with Crippen molar-refractivity contribution in [1.29, 1.82) is 5.26 Å². The summed E-state index contributed by atoms with van der Waals surface area (Å²) in [6.45, 7) is 1.92. The van der Waals surface area contributed by atoms with Crippen molar-refractivity contribution in [3.05, 3.63) is 45.4 Å². The lowest BCUT2D eigenvalue weighted by atomic mass is 10.2. The molecule has 1 aromatic carbocycles. The molecule has 0 saturated heterocycles. The molecule has 2 rings (SSSR count). The van der Waals surface area contributed by atoms with Crippen LogP contribution in [0.4, 0.5) is 5.13 Å². The fourth-order valence-electron chi connectivity index (χ4n) is 1.27. The van der Waals surface area contributed by atoms with Gasteiger partial charge in [-0.05, 0) is 24.6 Å². The molecule has 0 bridgehead atoms. The van der Waals surface area contributed by atoms with Gasteiger partial charge in [-0.3, -0.25) is 5.43 Å². The normalized spacial score (nSPS) is 10.5. The lowest BCUT2D eigenvalue weighted by Gasteiger charge is -1.97. The molecular formula is C12H9ClN4S. The van der Waals surface area contributed by atoms with Crippen LogP contribution in [0.15, 0.2) is 28.7 Å². The van der Waals surface area contributed by atoms with Crippen LogP contribution >= 0.6 is 22.9 Å². The molecule has 6 heteroatoms. The highest BCUT2D eigenvalue weighted by Gasteiger charge is 1.99. The number of nitriles is 1. The predicted molar refractivity (Wildman–Crippen MR) is 74.2 cm³/mol. The second kappa shape index (κ2) is 5.63. The van der Waals surface area contributed by atoms with E-state index >= 15 is 0 Å². The van der Waals surface area contributed by atoms with Gasteiger partial charge in [0.25, 0.3) is 0 Å². The molecule has 0 atom stereocenters. The SMILES string of the molecule is Cc1csc(NN=Cc2ccc(C#N)c(Cl)c2)n1. The van der Waals surface area contributed by atoms with Crippen LogP contribution in [0.3, 0.4) is 0 Å². The summed E-state index contributed by atoms with van der Waals surface area (Å²) < 4.78 is 0. The molecule has 1 heterocycles. The monoisotopic (exact) mass is 276 g/mol. The second-order valence-electron chi connectivity index (χ2n) is 3.52. The van der Waals surface area contributed by atoms with E-state index in [0.29, 0.717) is 10.6 Å². The van der Waals surface area contributed by atoms with E-state index in [1.54, 1.807) is 24.4 Å². The topological polar surface area (TPSA) is 61.1 Å². The number of hydrazone groups is 1. The number of anilines is 1. The number of aromatic nitrogens is 1. The molecule has 0 saturated carbocycles. The van der Waals surface area contributed by atoms with Gasteiger partial charge < -0.3 is 0 Å². The Morgan fingerprint density at radius 1 is 1.56 bits per heavy atom. The number of aryl methyl sites for hydroxylation is 1. The Hall–Kier alpha value is -1.90. The Bertz CT molecular complexity index is 627. The Morgan fingerprint density at radius 2 is 2.39 bits per heavy atom. The summed E-state index contributed by atoms with van der Waals surface area (Å²) >= 11 is 7.40. The number of hydrogen-bond acceptors (Lipinski definition) is 5. The fourth-order valence-corrected chi connectivity index (χ4v) is 2.14. The zero-order valence-corrected chi connectivity index (χ0v) is 11.1. The Morgan fingerprint density at radius 3 is 3.00 bits per heavy atom. The first-order valence-electron chi connectivity index (χ1n) is 5.10. The Kier molecular flexibility index (Phi) is 3.92. The molecule has 0 amide bonds. The molecule has 1 N–H and O–H groups in total. The second-order valence-corrected chi connectivity index (χ2v) is 4.78. The van der Waals surface area contributed by atoms with E-state index in [0.717, 1.165) is 16.4 Å². The number of nitrogens with zero attached hydrogens (tertiary/aromatic N) is 3. The third-order valence-electron chi connectivity index (χ3n) is 2.11. The fraction of sp³-hybridized carbons (Fsp3) is 0.0833. The molecule has 4 nitrogen and oxygen atoms in total. The largest absolute Gasteiger partial charge is 0.253 e. The van der Waals surface area contributed by atoms with Gasteiger partial charge in [-0.2, -0.15) is 10.4 Å². The average molecular weight is 277 g/mol. The molecule has 1 aromatic heterocycles. The van der Waals surface area contributed by atoms with E-state index < -0.39 is 0 Å². The van der Waals surface area contributed by atoms with Crippen LogP contribution in [-0.4, -0.2) is 11.2 Å². The number of rotatable bonds is 3. The maximum Gasteiger partial charge on any atom is 0.203 e. The first-order valence-corrected chi connectivity index (χ1v) is 6.35. The molecule has 0 spiro atoms. The number of nitrogens with one attached hydrogen (secondary N) is 1. The third-order valence-corrected chi connectivity index (χ3v) is 3.28. The number of benzene rings is 1. The van der Waals surface area contributed by atoms with Crippen LogP contribution in [0.2, 0.25) is 5.02 Å². The first kappa shape index (κ1) is 12.6. The van der Waals surface area contributed by atoms with Crippen LogP contribution < -0.4 is 5.43 Å². The summed E-state index contributed by atoms with van der Waals surface area (Å²) in [5.41, 5.74) is 5.06. The van der Waals surface area contributed by atoms with Gasteiger partial charge in [0.2, 0.25) is 5.13 Å². The van der Waals surface area contributed by atoms with E-state index in [4.69, 9.17) is 16.9 Å².